The Labute approximate surface area is 128 Å². The Kier molecular flexibility index (Phi) is 3.55. The molecule has 3 aromatic rings. The summed E-state index contributed by atoms with van der Waals surface area (Å²) in [5, 5.41) is 7.12. The van der Waals surface area contributed by atoms with Crippen LogP contribution in [-0.2, 0) is 0 Å². The fraction of sp³-hybridized carbons (Fsp3) is 0.176. The summed E-state index contributed by atoms with van der Waals surface area (Å²) in [6.45, 7) is 3.90. The fourth-order valence-electron chi connectivity index (χ4n) is 2.58. The Balaban J connectivity index is 1.95. The quantitative estimate of drug-likeness (QED) is 0.807. The molecule has 0 aliphatic heterocycles. The minimum absolute atomic E-state index is 0.185. The molecule has 3 rings (SSSR count). The second-order valence-corrected chi connectivity index (χ2v) is 5.13. The number of ether oxygens (including phenoxy) is 1. The van der Waals surface area contributed by atoms with E-state index in [2.05, 4.69) is 10.4 Å². The Morgan fingerprint density at radius 1 is 1.23 bits per heavy atom. The number of carbonyl (C=O) groups excluding carboxylic acids is 1. The van der Waals surface area contributed by atoms with Gasteiger partial charge in [-0.3, -0.25) is 4.79 Å². The molecule has 0 saturated heterocycles. The van der Waals surface area contributed by atoms with Gasteiger partial charge in [0.05, 0.1) is 24.4 Å². The maximum atomic E-state index is 12.5. The average molecular weight is 295 g/mol. The zero-order valence-corrected chi connectivity index (χ0v) is 12.8. The monoisotopic (exact) mass is 295 g/mol. The van der Waals surface area contributed by atoms with Gasteiger partial charge in [0, 0.05) is 17.4 Å². The molecule has 0 atom stereocenters. The van der Waals surface area contributed by atoms with E-state index < -0.39 is 0 Å². The van der Waals surface area contributed by atoms with E-state index in [4.69, 9.17) is 4.74 Å². The lowest BCUT2D eigenvalue weighted by Gasteiger charge is -2.13. The van der Waals surface area contributed by atoms with E-state index in [0.717, 1.165) is 28.1 Å². The molecule has 0 aliphatic carbocycles. The van der Waals surface area contributed by atoms with Crippen LogP contribution < -0.4 is 10.1 Å². The number of amides is 1. The summed E-state index contributed by atoms with van der Waals surface area (Å²) in [7, 11) is 1.63. The molecule has 0 spiro atoms. The van der Waals surface area contributed by atoms with Crippen molar-refractivity contribution < 1.29 is 9.53 Å². The van der Waals surface area contributed by atoms with E-state index in [1.807, 2.05) is 50.4 Å². The van der Waals surface area contributed by atoms with E-state index in [-0.39, 0.29) is 5.91 Å². The number of rotatable bonds is 3. The SMILES string of the molecule is COc1c(C)ccc(NC(=O)c2cnn3ccccc23)c1C. The highest BCUT2D eigenvalue weighted by molar-refractivity contribution is 6.09. The van der Waals surface area contributed by atoms with Gasteiger partial charge in [0.1, 0.15) is 5.75 Å². The molecule has 1 aromatic carbocycles. The van der Waals surface area contributed by atoms with Crippen LogP contribution in [0.1, 0.15) is 21.5 Å². The van der Waals surface area contributed by atoms with E-state index in [1.54, 1.807) is 17.8 Å². The summed E-state index contributed by atoms with van der Waals surface area (Å²) in [6.07, 6.45) is 3.39. The minimum atomic E-state index is -0.185. The summed E-state index contributed by atoms with van der Waals surface area (Å²) in [4.78, 5) is 12.5. The maximum Gasteiger partial charge on any atom is 0.259 e. The molecule has 0 fully saturated rings. The number of carbonyl (C=O) groups is 1. The predicted molar refractivity (Wildman–Crippen MR) is 85.6 cm³/mol. The van der Waals surface area contributed by atoms with Crippen LogP contribution >= 0.6 is 0 Å². The van der Waals surface area contributed by atoms with E-state index >= 15 is 0 Å². The third-order valence-electron chi connectivity index (χ3n) is 3.73. The van der Waals surface area contributed by atoms with E-state index in [0.29, 0.717) is 5.56 Å². The van der Waals surface area contributed by atoms with Crippen molar-refractivity contribution in [3.63, 3.8) is 0 Å². The maximum absolute atomic E-state index is 12.5. The van der Waals surface area contributed by atoms with Gasteiger partial charge in [0.2, 0.25) is 0 Å². The molecule has 5 nitrogen and oxygen atoms in total. The highest BCUT2D eigenvalue weighted by Gasteiger charge is 2.15. The number of fused-ring (bicyclic) bond motifs is 1. The van der Waals surface area contributed by atoms with Gasteiger partial charge in [-0.1, -0.05) is 12.1 Å². The Morgan fingerprint density at radius 3 is 2.82 bits per heavy atom. The molecule has 1 N–H and O–H groups in total. The minimum Gasteiger partial charge on any atom is -0.496 e. The molecule has 0 radical (unpaired) electrons. The van der Waals surface area contributed by atoms with Crippen molar-refractivity contribution in [3.05, 3.63) is 59.4 Å². The number of aromatic nitrogens is 2. The van der Waals surface area contributed by atoms with Crippen molar-refractivity contribution in [3.8, 4) is 5.75 Å². The van der Waals surface area contributed by atoms with Gasteiger partial charge in [-0.15, -0.1) is 0 Å². The number of hydrogen-bond acceptors (Lipinski definition) is 3. The van der Waals surface area contributed by atoms with Crippen LogP contribution in [0.4, 0.5) is 5.69 Å². The normalized spacial score (nSPS) is 10.7. The summed E-state index contributed by atoms with van der Waals surface area (Å²) in [6, 6.07) is 9.43. The van der Waals surface area contributed by atoms with Crippen LogP contribution in [0.5, 0.6) is 5.75 Å². The molecule has 22 heavy (non-hydrogen) atoms. The van der Waals surface area contributed by atoms with Gasteiger partial charge in [-0.2, -0.15) is 5.10 Å². The van der Waals surface area contributed by atoms with Crippen LogP contribution in [0.15, 0.2) is 42.7 Å². The van der Waals surface area contributed by atoms with Crippen LogP contribution in [-0.4, -0.2) is 22.6 Å². The first-order chi connectivity index (χ1) is 10.6. The van der Waals surface area contributed by atoms with Crippen LogP contribution in [0, 0.1) is 13.8 Å². The molecule has 0 unspecified atom stereocenters. The number of anilines is 1. The smallest absolute Gasteiger partial charge is 0.259 e. The number of pyridine rings is 1. The lowest BCUT2D eigenvalue weighted by Crippen LogP contribution is -2.13. The molecule has 5 heteroatoms. The fourth-order valence-corrected chi connectivity index (χ4v) is 2.58. The predicted octanol–water partition coefficient (Wildman–Crippen LogP) is 3.21. The largest absolute Gasteiger partial charge is 0.496 e. The molecule has 112 valence electrons. The average Bonchev–Trinajstić information content (AvgIpc) is 2.95. The van der Waals surface area contributed by atoms with Crippen LogP contribution in [0.3, 0.4) is 0 Å². The molecule has 0 saturated carbocycles. The summed E-state index contributed by atoms with van der Waals surface area (Å²) < 4.78 is 7.07. The van der Waals surface area contributed by atoms with Crippen molar-refractivity contribution in [1.82, 2.24) is 9.61 Å². The zero-order valence-electron chi connectivity index (χ0n) is 12.8. The van der Waals surface area contributed by atoms with Crippen molar-refractivity contribution >= 4 is 17.1 Å². The highest BCUT2D eigenvalue weighted by atomic mass is 16.5. The highest BCUT2D eigenvalue weighted by Crippen LogP contribution is 2.29. The van der Waals surface area contributed by atoms with Crippen LogP contribution in [0.25, 0.3) is 5.52 Å². The van der Waals surface area contributed by atoms with Crippen molar-refractivity contribution in [2.75, 3.05) is 12.4 Å². The Hall–Kier alpha value is -2.82. The molecular weight excluding hydrogens is 278 g/mol. The first kappa shape index (κ1) is 14.1. The van der Waals surface area contributed by atoms with Crippen molar-refractivity contribution in [2.24, 2.45) is 0 Å². The van der Waals surface area contributed by atoms with Gasteiger partial charge in [-0.05, 0) is 37.6 Å². The molecule has 1 amide bonds. The number of nitrogens with zero attached hydrogens (tertiary/aromatic N) is 2. The molecule has 2 heterocycles. The topological polar surface area (TPSA) is 55.6 Å². The van der Waals surface area contributed by atoms with Crippen LogP contribution in [0.2, 0.25) is 0 Å². The number of benzene rings is 1. The van der Waals surface area contributed by atoms with Crippen molar-refractivity contribution in [1.29, 1.82) is 0 Å². The Bertz CT molecular complexity index is 852. The van der Waals surface area contributed by atoms with Crippen molar-refractivity contribution in [2.45, 2.75) is 13.8 Å². The molecule has 2 aromatic heterocycles. The summed E-state index contributed by atoms with van der Waals surface area (Å²) in [5.41, 5.74) is 4.00. The van der Waals surface area contributed by atoms with E-state index in [1.165, 1.54) is 0 Å². The number of aryl methyl sites for hydroxylation is 1. The molecule has 0 bridgehead atoms. The van der Waals surface area contributed by atoms with Gasteiger partial charge in [-0.25, -0.2) is 4.52 Å². The van der Waals surface area contributed by atoms with Gasteiger partial charge < -0.3 is 10.1 Å². The first-order valence-corrected chi connectivity index (χ1v) is 6.99. The second-order valence-electron chi connectivity index (χ2n) is 5.13. The van der Waals surface area contributed by atoms with Gasteiger partial charge in [0.15, 0.2) is 0 Å². The molecular formula is C17H17N3O2. The standard InChI is InChI=1S/C17H17N3O2/c1-11-7-8-14(12(2)16(11)22-3)19-17(21)13-10-18-20-9-5-4-6-15(13)20/h4-10H,1-3H3,(H,19,21). The third kappa shape index (κ3) is 2.30. The van der Waals surface area contributed by atoms with Gasteiger partial charge >= 0.3 is 0 Å². The number of methoxy groups -OCH3 is 1. The first-order valence-electron chi connectivity index (χ1n) is 6.99. The lowest BCUT2D eigenvalue weighted by molar-refractivity contribution is 0.102. The summed E-state index contributed by atoms with van der Waals surface area (Å²) in [5.74, 6) is 0.605. The number of hydrogen-bond donors (Lipinski definition) is 1. The lowest BCUT2D eigenvalue weighted by atomic mass is 10.1. The number of nitrogens with one attached hydrogen (secondary N) is 1. The second kappa shape index (κ2) is 5.52. The zero-order chi connectivity index (χ0) is 15.7. The Morgan fingerprint density at radius 2 is 2.05 bits per heavy atom. The molecule has 0 aliphatic rings. The van der Waals surface area contributed by atoms with Gasteiger partial charge in [0.25, 0.3) is 5.91 Å². The third-order valence-corrected chi connectivity index (χ3v) is 3.73. The summed E-state index contributed by atoms with van der Waals surface area (Å²) >= 11 is 0. The van der Waals surface area contributed by atoms with E-state index in [9.17, 15) is 4.79 Å².